The lowest BCUT2D eigenvalue weighted by atomic mass is 10.0. The maximum absolute atomic E-state index is 13.9. The number of benzene rings is 1. The molecule has 4 rings (SSSR count). The van der Waals surface area contributed by atoms with Gasteiger partial charge < -0.3 is 4.90 Å². The van der Waals surface area contributed by atoms with Crippen molar-refractivity contribution in [3.63, 3.8) is 0 Å². The van der Waals surface area contributed by atoms with E-state index in [1.54, 1.807) is 4.90 Å². The maximum Gasteiger partial charge on any atom is 0.240 e. The molecule has 3 heterocycles. The second kappa shape index (κ2) is 6.51. The number of amides is 1. The van der Waals surface area contributed by atoms with Crippen molar-refractivity contribution in [1.29, 1.82) is 0 Å². The number of hydrogen-bond acceptors (Lipinski definition) is 4. The fourth-order valence-corrected chi connectivity index (χ4v) is 3.62. The van der Waals surface area contributed by atoms with Crippen LogP contribution in [0.2, 0.25) is 0 Å². The average Bonchev–Trinajstić information content (AvgIpc) is 3.06. The SMILES string of the molecule is O=C1[C@@H](N2CCn3ncnc3C2)CCCN1Cc1ccc(F)cc1F. The Hall–Kier alpha value is -2.35. The van der Waals surface area contributed by atoms with E-state index in [0.717, 1.165) is 31.3 Å². The van der Waals surface area contributed by atoms with Gasteiger partial charge in [-0.05, 0) is 18.9 Å². The van der Waals surface area contributed by atoms with Crippen LogP contribution in [0.5, 0.6) is 0 Å². The molecule has 25 heavy (non-hydrogen) atoms. The molecule has 0 bridgehead atoms. The van der Waals surface area contributed by atoms with Crippen LogP contribution in [-0.2, 0) is 24.4 Å². The Morgan fingerprint density at radius 3 is 2.92 bits per heavy atom. The second-order valence-electron chi connectivity index (χ2n) is 6.52. The summed E-state index contributed by atoms with van der Waals surface area (Å²) in [5.41, 5.74) is 0.341. The molecule has 2 aliphatic rings. The van der Waals surface area contributed by atoms with Crippen molar-refractivity contribution in [1.82, 2.24) is 24.6 Å². The summed E-state index contributed by atoms with van der Waals surface area (Å²) in [6.45, 7) is 2.81. The molecule has 2 aliphatic heterocycles. The molecule has 0 radical (unpaired) electrons. The van der Waals surface area contributed by atoms with E-state index in [2.05, 4.69) is 15.0 Å². The van der Waals surface area contributed by atoms with Crippen molar-refractivity contribution >= 4 is 5.91 Å². The third-order valence-corrected chi connectivity index (χ3v) is 4.96. The topological polar surface area (TPSA) is 54.3 Å². The van der Waals surface area contributed by atoms with Gasteiger partial charge in [0.15, 0.2) is 0 Å². The lowest BCUT2D eigenvalue weighted by Crippen LogP contribution is -2.53. The number of carbonyl (C=O) groups is 1. The highest BCUT2D eigenvalue weighted by Gasteiger charge is 2.35. The lowest BCUT2D eigenvalue weighted by Gasteiger charge is -2.39. The van der Waals surface area contributed by atoms with Gasteiger partial charge in [-0.3, -0.25) is 9.69 Å². The number of nitrogens with zero attached hydrogens (tertiary/aromatic N) is 5. The van der Waals surface area contributed by atoms with Gasteiger partial charge in [0.2, 0.25) is 5.91 Å². The van der Waals surface area contributed by atoms with Gasteiger partial charge in [0.05, 0.1) is 19.1 Å². The van der Waals surface area contributed by atoms with Crippen molar-refractivity contribution < 1.29 is 13.6 Å². The number of rotatable bonds is 3. The van der Waals surface area contributed by atoms with E-state index in [1.165, 1.54) is 18.5 Å². The van der Waals surface area contributed by atoms with Crippen LogP contribution in [0.4, 0.5) is 8.78 Å². The molecule has 132 valence electrons. The lowest BCUT2D eigenvalue weighted by molar-refractivity contribution is -0.141. The van der Waals surface area contributed by atoms with E-state index in [1.807, 2.05) is 4.68 Å². The van der Waals surface area contributed by atoms with Crippen LogP contribution in [0, 0.1) is 11.6 Å². The highest BCUT2D eigenvalue weighted by molar-refractivity contribution is 5.82. The second-order valence-corrected chi connectivity index (χ2v) is 6.52. The van der Waals surface area contributed by atoms with E-state index in [9.17, 15) is 13.6 Å². The molecule has 0 N–H and O–H groups in total. The van der Waals surface area contributed by atoms with E-state index in [4.69, 9.17) is 0 Å². The van der Waals surface area contributed by atoms with Gasteiger partial charge in [-0.25, -0.2) is 18.4 Å². The van der Waals surface area contributed by atoms with Crippen LogP contribution in [0.1, 0.15) is 24.2 Å². The molecule has 1 aromatic heterocycles. The molecular weight excluding hydrogens is 328 g/mol. The van der Waals surface area contributed by atoms with E-state index >= 15 is 0 Å². The smallest absolute Gasteiger partial charge is 0.240 e. The van der Waals surface area contributed by atoms with Crippen LogP contribution in [0.25, 0.3) is 0 Å². The van der Waals surface area contributed by atoms with E-state index < -0.39 is 11.6 Å². The average molecular weight is 347 g/mol. The molecule has 0 spiro atoms. The molecule has 6 nitrogen and oxygen atoms in total. The number of hydrogen-bond donors (Lipinski definition) is 0. The number of piperidine rings is 1. The molecule has 8 heteroatoms. The third-order valence-electron chi connectivity index (χ3n) is 4.96. The Bertz CT molecular complexity index is 793. The Morgan fingerprint density at radius 1 is 1.20 bits per heavy atom. The Labute approximate surface area is 144 Å². The van der Waals surface area contributed by atoms with Gasteiger partial charge in [0, 0.05) is 31.3 Å². The predicted molar refractivity (Wildman–Crippen MR) is 85.2 cm³/mol. The zero-order valence-electron chi connectivity index (χ0n) is 13.7. The van der Waals surface area contributed by atoms with Gasteiger partial charge >= 0.3 is 0 Å². The first kappa shape index (κ1) is 16.1. The Kier molecular flexibility index (Phi) is 4.20. The molecule has 1 fully saturated rings. The quantitative estimate of drug-likeness (QED) is 0.846. The van der Waals surface area contributed by atoms with E-state index in [-0.39, 0.29) is 18.5 Å². The number of aromatic nitrogens is 3. The molecule has 1 amide bonds. The normalized spacial score (nSPS) is 21.4. The molecule has 1 saturated heterocycles. The summed E-state index contributed by atoms with van der Waals surface area (Å²) in [5, 5.41) is 4.15. The molecule has 1 atom stereocenters. The maximum atomic E-state index is 13.9. The van der Waals surface area contributed by atoms with Crippen LogP contribution in [0.15, 0.2) is 24.5 Å². The Balaban J connectivity index is 1.48. The minimum Gasteiger partial charge on any atom is -0.337 e. The molecule has 1 aromatic carbocycles. The summed E-state index contributed by atoms with van der Waals surface area (Å²) in [5.74, 6) is -0.355. The van der Waals surface area contributed by atoms with Crippen molar-refractivity contribution in [2.24, 2.45) is 0 Å². The molecule has 2 aromatic rings. The van der Waals surface area contributed by atoms with Crippen molar-refractivity contribution in [3.8, 4) is 0 Å². The van der Waals surface area contributed by atoms with Gasteiger partial charge in [-0.2, -0.15) is 5.10 Å². The number of fused-ring (bicyclic) bond motifs is 1. The van der Waals surface area contributed by atoms with Crippen molar-refractivity contribution in [3.05, 3.63) is 47.5 Å². The van der Waals surface area contributed by atoms with Crippen molar-refractivity contribution in [2.75, 3.05) is 13.1 Å². The highest BCUT2D eigenvalue weighted by Crippen LogP contribution is 2.23. The number of carbonyl (C=O) groups excluding carboxylic acids is 1. The molecule has 0 unspecified atom stereocenters. The monoisotopic (exact) mass is 347 g/mol. The largest absolute Gasteiger partial charge is 0.337 e. The van der Waals surface area contributed by atoms with E-state index in [0.29, 0.717) is 25.2 Å². The molecule has 0 aliphatic carbocycles. The minimum absolute atomic E-state index is 0.00272. The summed E-state index contributed by atoms with van der Waals surface area (Å²) in [6.07, 6.45) is 3.18. The number of halogens is 2. The molecular formula is C17H19F2N5O. The first-order valence-corrected chi connectivity index (χ1v) is 8.45. The first-order chi connectivity index (χ1) is 12.1. The summed E-state index contributed by atoms with van der Waals surface area (Å²) in [7, 11) is 0. The summed E-state index contributed by atoms with van der Waals surface area (Å²) < 4.78 is 28.8. The van der Waals surface area contributed by atoms with Gasteiger partial charge in [0.1, 0.15) is 23.8 Å². The van der Waals surface area contributed by atoms with Crippen LogP contribution < -0.4 is 0 Å². The van der Waals surface area contributed by atoms with Crippen LogP contribution in [-0.4, -0.2) is 49.6 Å². The van der Waals surface area contributed by atoms with Gasteiger partial charge in [-0.15, -0.1) is 0 Å². The zero-order valence-corrected chi connectivity index (χ0v) is 13.7. The standard InChI is InChI=1S/C17H19F2N5O/c18-13-4-3-12(14(19)8-13)9-23-5-1-2-15(17(23)25)22-6-7-24-16(10-22)20-11-21-24/h3-4,8,11,15H,1-2,5-7,9-10H2/t15-/m0/s1. The summed E-state index contributed by atoms with van der Waals surface area (Å²) >= 11 is 0. The van der Waals surface area contributed by atoms with Crippen molar-refractivity contribution in [2.45, 2.75) is 38.5 Å². The summed E-state index contributed by atoms with van der Waals surface area (Å²) in [6, 6.07) is 3.27. The van der Waals surface area contributed by atoms with Crippen LogP contribution >= 0.6 is 0 Å². The summed E-state index contributed by atoms with van der Waals surface area (Å²) in [4.78, 5) is 20.9. The van der Waals surface area contributed by atoms with Gasteiger partial charge in [-0.1, -0.05) is 6.07 Å². The highest BCUT2D eigenvalue weighted by atomic mass is 19.1. The van der Waals surface area contributed by atoms with Crippen LogP contribution in [0.3, 0.4) is 0 Å². The third kappa shape index (κ3) is 3.13. The fraction of sp³-hybridized carbons (Fsp3) is 0.471. The molecule has 0 saturated carbocycles. The minimum atomic E-state index is -0.610. The zero-order chi connectivity index (χ0) is 17.4. The predicted octanol–water partition coefficient (Wildman–Crippen LogP) is 1.56. The first-order valence-electron chi connectivity index (χ1n) is 8.45. The number of likely N-dealkylation sites (tertiary alicyclic amines) is 1. The fourth-order valence-electron chi connectivity index (χ4n) is 3.62. The van der Waals surface area contributed by atoms with Gasteiger partial charge in [0.25, 0.3) is 0 Å². The Morgan fingerprint density at radius 2 is 2.08 bits per heavy atom.